The van der Waals surface area contributed by atoms with Gasteiger partial charge in [-0.2, -0.15) is 0 Å². The SMILES string of the molecule is CC(C)CC1(C)CC(=O)NC(=O)C1c1cccc(F)c1. The maximum Gasteiger partial charge on any atom is 0.234 e. The van der Waals surface area contributed by atoms with Crippen molar-refractivity contribution in [2.45, 2.75) is 39.5 Å². The Hall–Kier alpha value is -1.71. The predicted molar refractivity (Wildman–Crippen MR) is 74.5 cm³/mol. The summed E-state index contributed by atoms with van der Waals surface area (Å²) in [7, 11) is 0. The van der Waals surface area contributed by atoms with E-state index in [1.807, 2.05) is 6.92 Å². The second kappa shape index (κ2) is 5.35. The van der Waals surface area contributed by atoms with E-state index in [9.17, 15) is 14.0 Å². The van der Waals surface area contributed by atoms with E-state index in [-0.39, 0.29) is 24.1 Å². The molecule has 2 atom stereocenters. The highest BCUT2D eigenvalue weighted by Crippen LogP contribution is 2.46. The Morgan fingerprint density at radius 3 is 2.70 bits per heavy atom. The summed E-state index contributed by atoms with van der Waals surface area (Å²) in [4.78, 5) is 24.0. The molecule has 2 unspecified atom stereocenters. The van der Waals surface area contributed by atoms with Crippen molar-refractivity contribution in [3.05, 3.63) is 35.6 Å². The van der Waals surface area contributed by atoms with Crippen LogP contribution in [0.3, 0.4) is 0 Å². The van der Waals surface area contributed by atoms with E-state index in [0.29, 0.717) is 11.5 Å². The lowest BCUT2D eigenvalue weighted by atomic mass is 9.65. The molecule has 1 heterocycles. The van der Waals surface area contributed by atoms with Gasteiger partial charge >= 0.3 is 0 Å². The summed E-state index contributed by atoms with van der Waals surface area (Å²) in [5.74, 6) is -1.06. The monoisotopic (exact) mass is 277 g/mol. The van der Waals surface area contributed by atoms with Crippen molar-refractivity contribution in [3.8, 4) is 0 Å². The van der Waals surface area contributed by atoms with Crippen molar-refractivity contribution in [2.75, 3.05) is 0 Å². The molecule has 1 aliphatic rings. The summed E-state index contributed by atoms with van der Waals surface area (Å²) in [6.07, 6.45) is 1.03. The minimum atomic E-state index is -0.488. The van der Waals surface area contributed by atoms with Crippen LogP contribution in [0.4, 0.5) is 4.39 Å². The lowest BCUT2D eigenvalue weighted by Gasteiger charge is -2.41. The van der Waals surface area contributed by atoms with Crippen molar-refractivity contribution < 1.29 is 14.0 Å². The minimum Gasteiger partial charge on any atom is -0.296 e. The summed E-state index contributed by atoms with van der Waals surface area (Å²) in [6, 6.07) is 6.10. The third-order valence-corrected chi connectivity index (χ3v) is 3.84. The lowest BCUT2D eigenvalue weighted by molar-refractivity contribution is -0.140. The van der Waals surface area contributed by atoms with Crippen LogP contribution in [-0.2, 0) is 9.59 Å². The lowest BCUT2D eigenvalue weighted by Crippen LogP contribution is -2.50. The molecule has 1 N–H and O–H groups in total. The first-order chi connectivity index (χ1) is 9.32. The van der Waals surface area contributed by atoms with E-state index >= 15 is 0 Å². The van der Waals surface area contributed by atoms with E-state index in [4.69, 9.17) is 0 Å². The molecule has 0 radical (unpaired) electrons. The molecule has 0 aromatic heterocycles. The van der Waals surface area contributed by atoms with E-state index in [1.165, 1.54) is 12.1 Å². The van der Waals surface area contributed by atoms with Crippen LogP contribution in [0.2, 0.25) is 0 Å². The summed E-state index contributed by atoms with van der Waals surface area (Å²) < 4.78 is 13.4. The third kappa shape index (κ3) is 2.89. The van der Waals surface area contributed by atoms with Gasteiger partial charge in [-0.3, -0.25) is 14.9 Å². The molecule has 4 heteroatoms. The van der Waals surface area contributed by atoms with Gasteiger partial charge in [0.2, 0.25) is 11.8 Å². The first-order valence-corrected chi connectivity index (χ1v) is 6.91. The zero-order chi connectivity index (χ0) is 14.9. The van der Waals surface area contributed by atoms with Crippen LogP contribution >= 0.6 is 0 Å². The first kappa shape index (κ1) is 14.7. The largest absolute Gasteiger partial charge is 0.296 e. The molecule has 1 aromatic carbocycles. The van der Waals surface area contributed by atoms with Crippen LogP contribution in [0.1, 0.15) is 45.1 Å². The standard InChI is InChI=1S/C16H20FNO2/c1-10(2)8-16(3)9-13(19)18-15(20)14(16)11-5-4-6-12(17)7-11/h4-7,10,14H,8-9H2,1-3H3,(H,18,19,20). The molecule has 20 heavy (non-hydrogen) atoms. The fourth-order valence-electron chi connectivity index (χ4n) is 3.40. The quantitative estimate of drug-likeness (QED) is 0.863. The topological polar surface area (TPSA) is 46.2 Å². The summed E-state index contributed by atoms with van der Waals surface area (Å²) in [5, 5.41) is 2.38. The van der Waals surface area contributed by atoms with E-state index in [2.05, 4.69) is 19.2 Å². The number of carbonyl (C=O) groups is 2. The fraction of sp³-hybridized carbons (Fsp3) is 0.500. The Morgan fingerprint density at radius 1 is 1.40 bits per heavy atom. The molecule has 2 rings (SSSR count). The molecule has 0 saturated carbocycles. The van der Waals surface area contributed by atoms with E-state index < -0.39 is 11.3 Å². The number of amides is 2. The van der Waals surface area contributed by atoms with Crippen LogP contribution in [0.25, 0.3) is 0 Å². The number of benzene rings is 1. The number of carbonyl (C=O) groups excluding carboxylic acids is 2. The van der Waals surface area contributed by atoms with Gasteiger partial charge in [-0.25, -0.2) is 4.39 Å². The van der Waals surface area contributed by atoms with Gasteiger partial charge in [-0.1, -0.05) is 32.9 Å². The molecule has 1 fully saturated rings. The second-order valence-electron chi connectivity index (χ2n) is 6.33. The molecule has 1 aromatic rings. The molecule has 1 saturated heterocycles. The number of rotatable bonds is 3. The van der Waals surface area contributed by atoms with Gasteiger partial charge in [-0.05, 0) is 35.4 Å². The van der Waals surface area contributed by atoms with Gasteiger partial charge in [0.15, 0.2) is 0 Å². The molecule has 1 aliphatic heterocycles. The first-order valence-electron chi connectivity index (χ1n) is 6.91. The van der Waals surface area contributed by atoms with Gasteiger partial charge in [0.25, 0.3) is 0 Å². The zero-order valence-corrected chi connectivity index (χ0v) is 12.1. The molecular formula is C16H20FNO2. The summed E-state index contributed by atoms with van der Waals surface area (Å²) >= 11 is 0. The third-order valence-electron chi connectivity index (χ3n) is 3.84. The van der Waals surface area contributed by atoms with Crippen LogP contribution in [0.5, 0.6) is 0 Å². The Balaban J connectivity index is 2.44. The maximum atomic E-state index is 13.4. The smallest absolute Gasteiger partial charge is 0.234 e. The van der Waals surface area contributed by atoms with Crippen molar-refractivity contribution in [1.29, 1.82) is 0 Å². The van der Waals surface area contributed by atoms with E-state index in [1.54, 1.807) is 12.1 Å². The number of piperidine rings is 1. The highest BCUT2D eigenvalue weighted by atomic mass is 19.1. The molecule has 2 amide bonds. The van der Waals surface area contributed by atoms with Crippen LogP contribution in [0, 0.1) is 17.2 Å². The van der Waals surface area contributed by atoms with Gasteiger partial charge in [0, 0.05) is 6.42 Å². The molecule has 0 aliphatic carbocycles. The minimum absolute atomic E-state index is 0.245. The zero-order valence-electron chi connectivity index (χ0n) is 12.1. The Bertz CT molecular complexity index is 541. The molecular weight excluding hydrogens is 257 g/mol. The Labute approximate surface area is 118 Å². The number of imide groups is 1. The molecule has 0 bridgehead atoms. The van der Waals surface area contributed by atoms with Crippen LogP contribution in [0.15, 0.2) is 24.3 Å². The normalized spacial score (nSPS) is 26.8. The summed E-state index contributed by atoms with van der Waals surface area (Å²) in [5.41, 5.74) is 0.166. The average Bonchev–Trinajstić information content (AvgIpc) is 2.25. The molecule has 3 nitrogen and oxygen atoms in total. The van der Waals surface area contributed by atoms with Crippen molar-refractivity contribution in [1.82, 2.24) is 5.32 Å². The van der Waals surface area contributed by atoms with E-state index in [0.717, 1.165) is 6.42 Å². The van der Waals surface area contributed by atoms with Crippen molar-refractivity contribution in [3.63, 3.8) is 0 Å². The van der Waals surface area contributed by atoms with Crippen molar-refractivity contribution in [2.24, 2.45) is 11.3 Å². The average molecular weight is 277 g/mol. The number of hydrogen-bond donors (Lipinski definition) is 1. The van der Waals surface area contributed by atoms with Crippen molar-refractivity contribution >= 4 is 11.8 Å². The number of halogens is 1. The fourth-order valence-corrected chi connectivity index (χ4v) is 3.40. The van der Waals surface area contributed by atoms with Gasteiger partial charge in [0.1, 0.15) is 5.82 Å². The molecule has 0 spiro atoms. The highest BCUT2D eigenvalue weighted by Gasteiger charge is 2.46. The Morgan fingerprint density at radius 2 is 2.10 bits per heavy atom. The van der Waals surface area contributed by atoms with Crippen LogP contribution < -0.4 is 5.32 Å². The predicted octanol–water partition coefficient (Wildman–Crippen LogP) is 3.01. The maximum absolute atomic E-state index is 13.4. The molecule has 108 valence electrons. The Kier molecular flexibility index (Phi) is 3.93. The summed E-state index contributed by atoms with van der Waals surface area (Å²) in [6.45, 7) is 6.06. The van der Waals surface area contributed by atoms with Gasteiger partial charge in [0.05, 0.1) is 5.92 Å². The van der Waals surface area contributed by atoms with Crippen LogP contribution in [-0.4, -0.2) is 11.8 Å². The van der Waals surface area contributed by atoms with Gasteiger partial charge in [-0.15, -0.1) is 0 Å². The number of nitrogens with one attached hydrogen (secondary N) is 1. The van der Waals surface area contributed by atoms with Gasteiger partial charge < -0.3 is 0 Å². The second-order valence-corrected chi connectivity index (χ2v) is 6.33. The number of hydrogen-bond acceptors (Lipinski definition) is 2. The highest BCUT2D eigenvalue weighted by molar-refractivity contribution is 6.02.